The Morgan fingerprint density at radius 1 is 1.21 bits per heavy atom. The van der Waals surface area contributed by atoms with Crippen LogP contribution in [0.1, 0.15) is 56.6 Å². The van der Waals surface area contributed by atoms with Crippen LogP contribution >= 0.6 is 23.2 Å². The Hall–Kier alpha value is -2.22. The standard InChI is InChI=1S/C24H24Cl2FN3O3/c1-22(2)6-8-23(9-7-22)24(13-11-28-16(26)10-15(13)29-21(24)33)17(19(30-23)20(31)32)12-4-3-5-14(25)18(12)27/h3-5,10-11,17,19,30H,6-9H2,1-2H3,(H,29,33)(H,31,32)/t17-,19+,24+/m0/s1. The van der Waals surface area contributed by atoms with E-state index in [4.69, 9.17) is 23.2 Å². The van der Waals surface area contributed by atoms with Crippen molar-refractivity contribution in [3.05, 3.63) is 57.6 Å². The van der Waals surface area contributed by atoms with Crippen molar-refractivity contribution in [1.82, 2.24) is 10.3 Å². The van der Waals surface area contributed by atoms with Gasteiger partial charge in [-0.2, -0.15) is 0 Å². The van der Waals surface area contributed by atoms with Gasteiger partial charge in [0, 0.05) is 28.9 Å². The lowest BCUT2D eigenvalue weighted by Crippen LogP contribution is -2.61. The second kappa shape index (κ2) is 7.39. The number of halogens is 3. The number of rotatable bonds is 2. The number of carbonyl (C=O) groups excluding carboxylic acids is 1. The van der Waals surface area contributed by atoms with Gasteiger partial charge in [-0.15, -0.1) is 0 Å². The van der Waals surface area contributed by atoms with Crippen molar-refractivity contribution >= 4 is 40.8 Å². The molecule has 2 spiro atoms. The van der Waals surface area contributed by atoms with Gasteiger partial charge in [0.1, 0.15) is 22.4 Å². The molecule has 3 atom stereocenters. The molecule has 33 heavy (non-hydrogen) atoms. The number of carbonyl (C=O) groups is 2. The van der Waals surface area contributed by atoms with E-state index >= 15 is 4.39 Å². The van der Waals surface area contributed by atoms with Gasteiger partial charge >= 0.3 is 5.97 Å². The van der Waals surface area contributed by atoms with E-state index in [0.29, 0.717) is 24.1 Å². The summed E-state index contributed by atoms with van der Waals surface area (Å²) in [5.74, 6) is -3.28. The number of carboxylic acids is 1. The van der Waals surface area contributed by atoms with Crippen LogP contribution in [0.4, 0.5) is 10.1 Å². The number of aliphatic carboxylic acids is 1. The van der Waals surface area contributed by atoms with Gasteiger partial charge < -0.3 is 10.4 Å². The van der Waals surface area contributed by atoms with E-state index in [2.05, 4.69) is 29.5 Å². The topological polar surface area (TPSA) is 91.3 Å². The third kappa shape index (κ3) is 3.05. The Kier molecular flexibility index (Phi) is 5.05. The van der Waals surface area contributed by atoms with E-state index in [1.807, 2.05) is 0 Å². The molecule has 2 aromatic rings. The number of pyridine rings is 1. The van der Waals surface area contributed by atoms with Crippen LogP contribution in [0.3, 0.4) is 0 Å². The Balaban J connectivity index is 1.83. The fourth-order valence-electron chi connectivity index (χ4n) is 6.29. The average molecular weight is 492 g/mol. The third-order valence-electron chi connectivity index (χ3n) is 7.93. The molecule has 1 aromatic carbocycles. The minimum absolute atomic E-state index is 0.0440. The first-order chi connectivity index (χ1) is 15.5. The lowest BCUT2D eigenvalue weighted by atomic mass is 9.53. The quantitative estimate of drug-likeness (QED) is 0.519. The van der Waals surface area contributed by atoms with Gasteiger partial charge in [0.2, 0.25) is 5.91 Å². The molecule has 0 unspecified atom stereocenters. The van der Waals surface area contributed by atoms with E-state index in [1.165, 1.54) is 18.3 Å². The molecule has 2 fully saturated rings. The Labute approximate surface area is 200 Å². The summed E-state index contributed by atoms with van der Waals surface area (Å²) in [6, 6.07) is 4.87. The van der Waals surface area contributed by atoms with Crippen molar-refractivity contribution in [1.29, 1.82) is 0 Å². The zero-order chi connectivity index (χ0) is 23.8. The van der Waals surface area contributed by atoms with Crippen molar-refractivity contribution in [3.8, 4) is 0 Å². The van der Waals surface area contributed by atoms with Crippen LogP contribution in [-0.4, -0.2) is 33.5 Å². The van der Waals surface area contributed by atoms with Crippen LogP contribution in [0, 0.1) is 11.2 Å². The Morgan fingerprint density at radius 3 is 2.58 bits per heavy atom. The number of anilines is 1. The van der Waals surface area contributed by atoms with E-state index in [1.54, 1.807) is 12.1 Å². The lowest BCUT2D eigenvalue weighted by Gasteiger charge is -2.50. The summed E-state index contributed by atoms with van der Waals surface area (Å²) in [6.07, 6.45) is 4.19. The SMILES string of the molecule is CC1(C)CCC2(CC1)N[C@@H](C(=O)O)[C@H](c1cccc(Cl)c1F)[C@]21C(=O)Nc2cc(Cl)ncc21. The fraction of sp³-hybridized carbons (Fsp3) is 0.458. The van der Waals surface area contributed by atoms with Crippen LogP contribution in [0.15, 0.2) is 30.5 Å². The predicted molar refractivity (Wildman–Crippen MR) is 123 cm³/mol. The van der Waals surface area contributed by atoms with Crippen LogP contribution in [0.2, 0.25) is 10.2 Å². The highest BCUT2D eigenvalue weighted by molar-refractivity contribution is 6.31. The molecule has 3 aliphatic rings. The van der Waals surface area contributed by atoms with Crippen LogP contribution in [0.25, 0.3) is 0 Å². The number of fused-ring (bicyclic) bond motifs is 3. The summed E-state index contributed by atoms with van der Waals surface area (Å²) in [5, 5.41) is 16.6. The zero-order valence-electron chi connectivity index (χ0n) is 18.2. The van der Waals surface area contributed by atoms with Crippen molar-refractivity contribution < 1.29 is 19.1 Å². The first-order valence-corrected chi connectivity index (χ1v) is 11.7. The highest BCUT2D eigenvalue weighted by atomic mass is 35.5. The number of hydrogen-bond acceptors (Lipinski definition) is 4. The Morgan fingerprint density at radius 2 is 1.91 bits per heavy atom. The number of nitrogens with zero attached hydrogens (tertiary/aromatic N) is 1. The van der Waals surface area contributed by atoms with E-state index in [0.717, 1.165) is 12.8 Å². The molecule has 6 nitrogen and oxygen atoms in total. The zero-order valence-corrected chi connectivity index (χ0v) is 19.7. The normalized spacial score (nSPS) is 29.3. The summed E-state index contributed by atoms with van der Waals surface area (Å²) >= 11 is 12.2. The van der Waals surface area contributed by atoms with Gasteiger partial charge in [0.25, 0.3) is 0 Å². The fourth-order valence-corrected chi connectivity index (χ4v) is 6.63. The van der Waals surface area contributed by atoms with Crippen LogP contribution in [0.5, 0.6) is 0 Å². The average Bonchev–Trinajstić information content (AvgIpc) is 3.20. The summed E-state index contributed by atoms with van der Waals surface area (Å²) in [4.78, 5) is 30.8. The molecule has 5 rings (SSSR count). The number of amides is 1. The highest BCUT2D eigenvalue weighted by Gasteiger charge is 2.73. The lowest BCUT2D eigenvalue weighted by molar-refractivity contribution is -0.139. The number of nitrogens with one attached hydrogen (secondary N) is 2. The molecule has 1 saturated heterocycles. The first kappa shape index (κ1) is 22.6. The minimum atomic E-state index is -1.40. The summed E-state index contributed by atoms with van der Waals surface area (Å²) < 4.78 is 15.5. The van der Waals surface area contributed by atoms with E-state index in [9.17, 15) is 14.7 Å². The number of aromatic nitrogens is 1. The van der Waals surface area contributed by atoms with Gasteiger partial charge in [-0.05, 0) is 48.8 Å². The maximum atomic E-state index is 15.5. The molecule has 1 amide bonds. The third-order valence-corrected chi connectivity index (χ3v) is 8.43. The molecular weight excluding hydrogens is 468 g/mol. The molecular formula is C24H24Cl2FN3O3. The summed E-state index contributed by atoms with van der Waals surface area (Å²) in [5.41, 5.74) is -1.15. The molecule has 3 N–H and O–H groups in total. The monoisotopic (exact) mass is 491 g/mol. The minimum Gasteiger partial charge on any atom is -0.480 e. The van der Waals surface area contributed by atoms with Gasteiger partial charge in [0.15, 0.2) is 0 Å². The second-order valence-corrected chi connectivity index (χ2v) is 10.9. The van der Waals surface area contributed by atoms with E-state index in [-0.39, 0.29) is 27.1 Å². The molecule has 1 aliphatic carbocycles. The van der Waals surface area contributed by atoms with Gasteiger partial charge in [0.05, 0.1) is 5.02 Å². The first-order valence-electron chi connectivity index (χ1n) is 10.9. The largest absolute Gasteiger partial charge is 0.480 e. The smallest absolute Gasteiger partial charge is 0.321 e. The van der Waals surface area contributed by atoms with Crippen molar-refractivity contribution in [2.75, 3.05) is 5.32 Å². The number of carboxylic acid groups (broad SMARTS) is 1. The highest BCUT2D eigenvalue weighted by Crippen LogP contribution is 2.63. The molecule has 2 aliphatic heterocycles. The summed E-state index contributed by atoms with van der Waals surface area (Å²) in [7, 11) is 0. The second-order valence-electron chi connectivity index (χ2n) is 10.1. The van der Waals surface area contributed by atoms with Gasteiger partial charge in [-0.3, -0.25) is 14.9 Å². The molecule has 1 saturated carbocycles. The number of benzene rings is 1. The van der Waals surface area contributed by atoms with Gasteiger partial charge in [-0.25, -0.2) is 9.37 Å². The molecule has 9 heteroatoms. The molecule has 0 bridgehead atoms. The van der Waals surface area contributed by atoms with Crippen LogP contribution in [-0.2, 0) is 15.0 Å². The maximum absolute atomic E-state index is 15.5. The van der Waals surface area contributed by atoms with Crippen LogP contribution < -0.4 is 10.6 Å². The van der Waals surface area contributed by atoms with Gasteiger partial charge in [-0.1, -0.05) is 49.2 Å². The molecule has 174 valence electrons. The van der Waals surface area contributed by atoms with Crippen molar-refractivity contribution in [2.24, 2.45) is 5.41 Å². The molecule has 3 heterocycles. The predicted octanol–water partition coefficient (Wildman–Crippen LogP) is 4.90. The van der Waals surface area contributed by atoms with E-state index < -0.39 is 34.7 Å². The van der Waals surface area contributed by atoms with Crippen molar-refractivity contribution in [2.45, 2.75) is 62.4 Å². The molecule has 1 aromatic heterocycles. The molecule has 0 radical (unpaired) electrons. The summed E-state index contributed by atoms with van der Waals surface area (Å²) in [6.45, 7) is 4.32. The maximum Gasteiger partial charge on any atom is 0.321 e. The Bertz CT molecular complexity index is 1180. The van der Waals surface area contributed by atoms with Crippen molar-refractivity contribution in [3.63, 3.8) is 0 Å². The number of hydrogen-bond donors (Lipinski definition) is 3.